The molecule has 1 aliphatic heterocycles. The monoisotopic (exact) mass is 270 g/mol. The fourth-order valence-corrected chi connectivity index (χ4v) is 2.72. The van der Waals surface area contributed by atoms with E-state index in [4.69, 9.17) is 11.6 Å². The highest BCUT2D eigenvalue weighted by molar-refractivity contribution is 6.30. The molecule has 100 valence electrons. The zero-order valence-electron chi connectivity index (χ0n) is 10.8. The minimum atomic E-state index is -0.165. The van der Waals surface area contributed by atoms with E-state index < -0.39 is 0 Å². The summed E-state index contributed by atoms with van der Waals surface area (Å²) in [6.45, 7) is 5.78. The molecule has 0 spiro atoms. The van der Waals surface area contributed by atoms with Crippen LogP contribution >= 0.6 is 11.6 Å². The van der Waals surface area contributed by atoms with Gasteiger partial charge < -0.3 is 5.32 Å². The van der Waals surface area contributed by atoms with Gasteiger partial charge >= 0.3 is 0 Å². The lowest BCUT2D eigenvalue weighted by molar-refractivity contribution is 0.164. The highest BCUT2D eigenvalue weighted by atomic mass is 35.5. The van der Waals surface area contributed by atoms with E-state index in [1.807, 2.05) is 0 Å². The molecule has 0 bridgehead atoms. The third-order valence-electron chi connectivity index (χ3n) is 3.57. The quantitative estimate of drug-likeness (QED) is 0.905. The summed E-state index contributed by atoms with van der Waals surface area (Å²) < 4.78 is 13.7. The Balaban J connectivity index is 2.06. The average Bonchev–Trinajstić information content (AvgIpc) is 2.41. The second-order valence-corrected chi connectivity index (χ2v) is 5.24. The van der Waals surface area contributed by atoms with Gasteiger partial charge in [-0.2, -0.15) is 0 Å². The standard InChI is InChI=1S/C14H20ClFN2/c1-2-18(13-4-3-7-17-9-13)10-11-8-12(15)5-6-14(11)16/h5-6,8,13,17H,2-4,7,9-10H2,1H3. The minimum Gasteiger partial charge on any atom is -0.315 e. The molecule has 2 rings (SSSR count). The Hall–Kier alpha value is -0.640. The lowest BCUT2D eigenvalue weighted by Gasteiger charge is -2.34. The fourth-order valence-electron chi connectivity index (χ4n) is 2.53. The van der Waals surface area contributed by atoms with Crippen molar-refractivity contribution in [3.8, 4) is 0 Å². The predicted octanol–water partition coefficient (Wildman–Crippen LogP) is 3.05. The molecular weight excluding hydrogens is 251 g/mol. The van der Waals surface area contributed by atoms with E-state index in [1.54, 1.807) is 12.1 Å². The number of likely N-dealkylation sites (N-methyl/N-ethyl adjacent to an activating group) is 1. The maximum atomic E-state index is 13.7. The van der Waals surface area contributed by atoms with Crippen LogP contribution in [0.4, 0.5) is 4.39 Å². The maximum absolute atomic E-state index is 13.7. The van der Waals surface area contributed by atoms with Crippen molar-refractivity contribution in [1.29, 1.82) is 0 Å². The first-order valence-corrected chi connectivity index (χ1v) is 6.97. The number of hydrogen-bond donors (Lipinski definition) is 1. The van der Waals surface area contributed by atoms with E-state index in [9.17, 15) is 4.39 Å². The van der Waals surface area contributed by atoms with Crippen molar-refractivity contribution >= 4 is 11.6 Å². The maximum Gasteiger partial charge on any atom is 0.127 e. The summed E-state index contributed by atoms with van der Waals surface area (Å²) in [4.78, 5) is 2.32. The van der Waals surface area contributed by atoms with Crippen molar-refractivity contribution < 1.29 is 4.39 Å². The SMILES string of the molecule is CCN(Cc1cc(Cl)ccc1F)C1CCCNC1. The molecule has 2 nitrogen and oxygen atoms in total. The Morgan fingerprint density at radius 3 is 3.00 bits per heavy atom. The molecule has 0 aromatic heterocycles. The molecule has 0 saturated carbocycles. The van der Waals surface area contributed by atoms with Gasteiger partial charge in [-0.25, -0.2) is 4.39 Å². The van der Waals surface area contributed by atoms with Crippen LogP contribution in [0.25, 0.3) is 0 Å². The van der Waals surface area contributed by atoms with Crippen LogP contribution in [0.5, 0.6) is 0 Å². The summed E-state index contributed by atoms with van der Waals surface area (Å²) in [7, 11) is 0. The van der Waals surface area contributed by atoms with Gasteiger partial charge in [-0.1, -0.05) is 18.5 Å². The molecule has 1 saturated heterocycles. The summed E-state index contributed by atoms with van der Waals surface area (Å²) in [6, 6.07) is 5.28. The fraction of sp³-hybridized carbons (Fsp3) is 0.571. The lowest BCUT2D eigenvalue weighted by Crippen LogP contribution is -2.45. The second-order valence-electron chi connectivity index (χ2n) is 4.80. The van der Waals surface area contributed by atoms with E-state index in [2.05, 4.69) is 17.1 Å². The molecule has 1 aromatic rings. The van der Waals surface area contributed by atoms with Crippen LogP contribution in [0, 0.1) is 5.82 Å². The van der Waals surface area contributed by atoms with Gasteiger partial charge in [0.05, 0.1) is 0 Å². The highest BCUT2D eigenvalue weighted by Crippen LogP contribution is 2.19. The number of benzene rings is 1. The van der Waals surface area contributed by atoms with Crippen LogP contribution in [0.15, 0.2) is 18.2 Å². The molecule has 1 aromatic carbocycles. The van der Waals surface area contributed by atoms with Gasteiger partial charge in [0.1, 0.15) is 5.82 Å². The van der Waals surface area contributed by atoms with Crippen molar-refractivity contribution in [3.05, 3.63) is 34.6 Å². The average molecular weight is 271 g/mol. The van der Waals surface area contributed by atoms with Crippen LogP contribution in [-0.2, 0) is 6.54 Å². The highest BCUT2D eigenvalue weighted by Gasteiger charge is 2.20. The number of nitrogens with zero attached hydrogens (tertiary/aromatic N) is 1. The van der Waals surface area contributed by atoms with Gasteiger partial charge in [0, 0.05) is 29.7 Å². The molecule has 1 fully saturated rings. The van der Waals surface area contributed by atoms with Crippen LogP contribution in [0.3, 0.4) is 0 Å². The van der Waals surface area contributed by atoms with Crippen molar-refractivity contribution in [1.82, 2.24) is 10.2 Å². The summed E-state index contributed by atoms with van der Waals surface area (Å²) in [5, 5.41) is 4.00. The third-order valence-corrected chi connectivity index (χ3v) is 3.81. The predicted molar refractivity (Wildman–Crippen MR) is 73.4 cm³/mol. The molecule has 1 atom stereocenters. The summed E-state index contributed by atoms with van der Waals surface area (Å²) in [6.07, 6.45) is 2.38. The molecule has 1 aliphatic rings. The zero-order valence-corrected chi connectivity index (χ0v) is 11.5. The Morgan fingerprint density at radius 2 is 2.33 bits per heavy atom. The first-order valence-electron chi connectivity index (χ1n) is 6.59. The van der Waals surface area contributed by atoms with Crippen molar-refractivity contribution in [2.75, 3.05) is 19.6 Å². The molecule has 1 N–H and O–H groups in total. The first-order chi connectivity index (χ1) is 8.70. The van der Waals surface area contributed by atoms with Gasteiger partial charge in [-0.3, -0.25) is 4.90 Å². The summed E-state index contributed by atoms with van der Waals surface area (Å²) >= 11 is 5.93. The Labute approximate surface area is 113 Å². The Morgan fingerprint density at radius 1 is 1.50 bits per heavy atom. The van der Waals surface area contributed by atoms with E-state index in [0.717, 1.165) is 19.6 Å². The van der Waals surface area contributed by atoms with Crippen molar-refractivity contribution in [2.24, 2.45) is 0 Å². The van der Waals surface area contributed by atoms with Crippen LogP contribution in [0.1, 0.15) is 25.3 Å². The van der Waals surface area contributed by atoms with Gasteiger partial charge in [0.15, 0.2) is 0 Å². The molecule has 0 aliphatic carbocycles. The van der Waals surface area contributed by atoms with E-state index in [0.29, 0.717) is 23.2 Å². The van der Waals surface area contributed by atoms with E-state index in [-0.39, 0.29) is 5.82 Å². The van der Waals surface area contributed by atoms with Gasteiger partial charge in [-0.05, 0) is 44.1 Å². The molecule has 1 unspecified atom stereocenters. The number of nitrogens with one attached hydrogen (secondary N) is 1. The van der Waals surface area contributed by atoms with Crippen molar-refractivity contribution in [2.45, 2.75) is 32.4 Å². The summed E-state index contributed by atoms with van der Waals surface area (Å²) in [5.74, 6) is -0.165. The van der Waals surface area contributed by atoms with Gasteiger partial charge in [0.25, 0.3) is 0 Å². The van der Waals surface area contributed by atoms with Gasteiger partial charge in [-0.15, -0.1) is 0 Å². The molecule has 0 radical (unpaired) electrons. The Kier molecular flexibility index (Phi) is 4.98. The van der Waals surface area contributed by atoms with E-state index in [1.165, 1.54) is 18.9 Å². The van der Waals surface area contributed by atoms with Crippen LogP contribution < -0.4 is 5.32 Å². The summed E-state index contributed by atoms with van der Waals surface area (Å²) in [5.41, 5.74) is 0.690. The van der Waals surface area contributed by atoms with Crippen LogP contribution in [-0.4, -0.2) is 30.6 Å². The largest absolute Gasteiger partial charge is 0.315 e. The molecule has 0 amide bonds. The van der Waals surface area contributed by atoms with Gasteiger partial charge in [0.2, 0.25) is 0 Å². The number of halogens is 2. The smallest absolute Gasteiger partial charge is 0.127 e. The third kappa shape index (κ3) is 3.44. The molecular formula is C14H20ClFN2. The topological polar surface area (TPSA) is 15.3 Å². The van der Waals surface area contributed by atoms with Crippen molar-refractivity contribution in [3.63, 3.8) is 0 Å². The molecule has 4 heteroatoms. The first kappa shape index (κ1) is 13.8. The van der Waals surface area contributed by atoms with E-state index >= 15 is 0 Å². The number of piperidine rings is 1. The zero-order chi connectivity index (χ0) is 13.0. The second kappa shape index (κ2) is 6.50. The normalized spacial score (nSPS) is 20.3. The number of hydrogen-bond acceptors (Lipinski definition) is 2. The minimum absolute atomic E-state index is 0.165. The molecule has 1 heterocycles. The lowest BCUT2D eigenvalue weighted by atomic mass is 10.0. The van der Waals surface area contributed by atoms with Crippen LogP contribution in [0.2, 0.25) is 5.02 Å². The molecule has 18 heavy (non-hydrogen) atoms. The Bertz CT molecular complexity index is 391. The number of rotatable bonds is 4.